The maximum Gasteiger partial charge on any atom is 0.159 e. The summed E-state index contributed by atoms with van der Waals surface area (Å²) in [5, 5.41) is 0. The van der Waals surface area contributed by atoms with Gasteiger partial charge >= 0.3 is 0 Å². The lowest BCUT2D eigenvalue weighted by Gasteiger charge is -2.17. The Balaban J connectivity index is 2.62. The van der Waals surface area contributed by atoms with Gasteiger partial charge in [-0.1, -0.05) is 32.8 Å². The van der Waals surface area contributed by atoms with Crippen LogP contribution in [0.2, 0.25) is 0 Å². The van der Waals surface area contributed by atoms with Crippen LogP contribution < -0.4 is 11.3 Å². The summed E-state index contributed by atoms with van der Waals surface area (Å²) in [6, 6.07) is 3.79. The molecule has 4 heteroatoms. The summed E-state index contributed by atoms with van der Waals surface area (Å²) in [5.41, 5.74) is 3.34. The van der Waals surface area contributed by atoms with E-state index < -0.39 is 11.6 Å². The van der Waals surface area contributed by atoms with Gasteiger partial charge in [-0.15, -0.1) is 0 Å². The molecule has 1 aromatic rings. The predicted molar refractivity (Wildman–Crippen MR) is 65.1 cm³/mol. The molecule has 1 rings (SSSR count). The zero-order valence-electron chi connectivity index (χ0n) is 10.3. The van der Waals surface area contributed by atoms with Crippen LogP contribution in [0.3, 0.4) is 0 Å². The fourth-order valence-corrected chi connectivity index (χ4v) is 1.81. The van der Waals surface area contributed by atoms with Crippen LogP contribution >= 0.6 is 0 Å². The molecule has 0 heterocycles. The highest BCUT2D eigenvalue weighted by Gasteiger charge is 2.12. The highest BCUT2D eigenvalue weighted by atomic mass is 19.2. The van der Waals surface area contributed by atoms with Crippen molar-refractivity contribution in [1.82, 2.24) is 5.43 Å². The Morgan fingerprint density at radius 1 is 1.18 bits per heavy atom. The van der Waals surface area contributed by atoms with Gasteiger partial charge in [0.2, 0.25) is 0 Å². The van der Waals surface area contributed by atoms with Crippen LogP contribution in [0.25, 0.3) is 0 Å². The lowest BCUT2D eigenvalue weighted by Crippen LogP contribution is -2.28. The van der Waals surface area contributed by atoms with Crippen LogP contribution in [0.4, 0.5) is 8.78 Å². The van der Waals surface area contributed by atoms with E-state index in [1.54, 1.807) is 6.07 Å². The maximum absolute atomic E-state index is 13.1. The largest absolute Gasteiger partial charge is 0.271 e. The van der Waals surface area contributed by atoms with Crippen molar-refractivity contribution in [3.8, 4) is 0 Å². The van der Waals surface area contributed by atoms with Gasteiger partial charge in [0.25, 0.3) is 0 Å². The van der Waals surface area contributed by atoms with Crippen LogP contribution in [0.5, 0.6) is 0 Å². The Labute approximate surface area is 101 Å². The van der Waals surface area contributed by atoms with Gasteiger partial charge in [0, 0.05) is 6.04 Å². The predicted octanol–water partition coefficient (Wildman–Crippen LogP) is 3.30. The Morgan fingerprint density at radius 2 is 1.88 bits per heavy atom. The number of nitrogens with two attached hydrogens (primary N) is 1. The number of benzene rings is 1. The van der Waals surface area contributed by atoms with Crippen molar-refractivity contribution < 1.29 is 8.78 Å². The Hall–Kier alpha value is -1.00. The quantitative estimate of drug-likeness (QED) is 0.593. The summed E-state index contributed by atoms with van der Waals surface area (Å²) >= 11 is 0. The molecule has 2 nitrogen and oxygen atoms in total. The second-order valence-corrected chi connectivity index (χ2v) is 4.72. The summed E-state index contributed by atoms with van der Waals surface area (Å²) in [4.78, 5) is 0. The van der Waals surface area contributed by atoms with Crippen LogP contribution in [0.1, 0.15) is 44.7 Å². The van der Waals surface area contributed by atoms with Crippen molar-refractivity contribution in [3.63, 3.8) is 0 Å². The van der Waals surface area contributed by atoms with Gasteiger partial charge in [-0.2, -0.15) is 0 Å². The first kappa shape index (κ1) is 14.1. The molecule has 1 atom stereocenters. The molecule has 0 saturated heterocycles. The summed E-state index contributed by atoms with van der Waals surface area (Å²) in [6.07, 6.45) is 2.92. The Kier molecular flexibility index (Phi) is 5.51. The molecule has 0 aliphatic rings. The standard InChI is InChI=1S/C13H20F2N2/c1-9(2)4-3-5-13(17-16)10-6-7-11(14)12(15)8-10/h6-9,13,17H,3-5,16H2,1-2H3. The molecule has 1 unspecified atom stereocenters. The molecular formula is C13H20F2N2. The fraction of sp³-hybridized carbons (Fsp3) is 0.538. The first-order chi connectivity index (χ1) is 8.04. The number of hydrazine groups is 1. The minimum absolute atomic E-state index is 0.121. The van der Waals surface area contributed by atoms with E-state index in [2.05, 4.69) is 19.3 Å². The molecule has 0 aliphatic carbocycles. The molecule has 1 aromatic carbocycles. The van der Waals surface area contributed by atoms with E-state index in [-0.39, 0.29) is 6.04 Å². The third-order valence-electron chi connectivity index (χ3n) is 2.82. The monoisotopic (exact) mass is 242 g/mol. The second-order valence-electron chi connectivity index (χ2n) is 4.72. The first-order valence-corrected chi connectivity index (χ1v) is 5.95. The van der Waals surface area contributed by atoms with Gasteiger partial charge in [0.15, 0.2) is 11.6 Å². The Morgan fingerprint density at radius 3 is 2.41 bits per heavy atom. The summed E-state index contributed by atoms with van der Waals surface area (Å²) in [7, 11) is 0. The topological polar surface area (TPSA) is 38.0 Å². The lowest BCUT2D eigenvalue weighted by molar-refractivity contribution is 0.449. The fourth-order valence-electron chi connectivity index (χ4n) is 1.81. The number of rotatable bonds is 6. The van der Waals surface area contributed by atoms with Crippen molar-refractivity contribution in [2.45, 2.75) is 39.2 Å². The van der Waals surface area contributed by atoms with E-state index in [1.165, 1.54) is 6.07 Å². The molecular weight excluding hydrogens is 222 g/mol. The van der Waals surface area contributed by atoms with Crippen LogP contribution in [0.15, 0.2) is 18.2 Å². The molecule has 0 radical (unpaired) electrons. The van der Waals surface area contributed by atoms with E-state index in [1.807, 2.05) is 0 Å². The van der Waals surface area contributed by atoms with Crippen LogP contribution in [0, 0.1) is 17.6 Å². The normalized spacial score (nSPS) is 13.1. The van der Waals surface area contributed by atoms with Crippen LogP contribution in [-0.4, -0.2) is 0 Å². The molecule has 0 aromatic heterocycles. The third-order valence-corrected chi connectivity index (χ3v) is 2.82. The van der Waals surface area contributed by atoms with Crippen molar-refractivity contribution in [3.05, 3.63) is 35.4 Å². The van der Waals surface area contributed by atoms with Gasteiger partial charge in [-0.05, 0) is 30.0 Å². The third kappa shape index (κ3) is 4.40. The average Bonchev–Trinajstić information content (AvgIpc) is 2.28. The number of halogens is 2. The first-order valence-electron chi connectivity index (χ1n) is 5.95. The number of hydrogen-bond donors (Lipinski definition) is 2. The van der Waals surface area contributed by atoms with E-state index in [0.29, 0.717) is 11.5 Å². The molecule has 0 spiro atoms. The zero-order valence-corrected chi connectivity index (χ0v) is 10.3. The molecule has 0 amide bonds. The van der Waals surface area contributed by atoms with Crippen molar-refractivity contribution >= 4 is 0 Å². The van der Waals surface area contributed by atoms with Gasteiger partial charge in [0.05, 0.1) is 0 Å². The molecule has 0 saturated carbocycles. The summed E-state index contributed by atoms with van der Waals surface area (Å²) in [5.74, 6) is 4.43. The lowest BCUT2D eigenvalue weighted by atomic mass is 9.98. The minimum atomic E-state index is -0.827. The summed E-state index contributed by atoms with van der Waals surface area (Å²) < 4.78 is 25.9. The molecule has 0 aliphatic heterocycles. The maximum atomic E-state index is 13.1. The molecule has 17 heavy (non-hydrogen) atoms. The van der Waals surface area contributed by atoms with Gasteiger partial charge < -0.3 is 0 Å². The highest BCUT2D eigenvalue weighted by Crippen LogP contribution is 2.21. The van der Waals surface area contributed by atoms with E-state index in [4.69, 9.17) is 5.84 Å². The highest BCUT2D eigenvalue weighted by molar-refractivity contribution is 5.21. The van der Waals surface area contributed by atoms with Crippen molar-refractivity contribution in [2.24, 2.45) is 11.8 Å². The smallest absolute Gasteiger partial charge is 0.159 e. The molecule has 3 N–H and O–H groups in total. The minimum Gasteiger partial charge on any atom is -0.271 e. The van der Waals surface area contributed by atoms with E-state index >= 15 is 0 Å². The second kappa shape index (κ2) is 6.67. The molecule has 0 fully saturated rings. The Bertz CT molecular complexity index is 353. The molecule has 0 bridgehead atoms. The molecule has 96 valence electrons. The van der Waals surface area contributed by atoms with Gasteiger partial charge in [0.1, 0.15) is 0 Å². The van der Waals surface area contributed by atoms with E-state index in [9.17, 15) is 8.78 Å². The number of nitrogens with one attached hydrogen (secondary N) is 1. The van der Waals surface area contributed by atoms with Crippen LogP contribution in [-0.2, 0) is 0 Å². The SMILES string of the molecule is CC(C)CCCC(NN)c1ccc(F)c(F)c1. The van der Waals surface area contributed by atoms with Crippen molar-refractivity contribution in [2.75, 3.05) is 0 Å². The van der Waals surface area contributed by atoms with Gasteiger partial charge in [-0.25, -0.2) is 8.78 Å². The average molecular weight is 242 g/mol. The summed E-state index contributed by atoms with van der Waals surface area (Å²) in [6.45, 7) is 4.31. The van der Waals surface area contributed by atoms with Gasteiger partial charge in [-0.3, -0.25) is 11.3 Å². The number of hydrogen-bond acceptors (Lipinski definition) is 2. The zero-order chi connectivity index (χ0) is 12.8. The van der Waals surface area contributed by atoms with E-state index in [0.717, 1.165) is 25.3 Å². The van der Waals surface area contributed by atoms with Crippen molar-refractivity contribution in [1.29, 1.82) is 0 Å².